The molecule has 1 fully saturated rings. The summed E-state index contributed by atoms with van der Waals surface area (Å²) in [7, 11) is 1.74. The van der Waals surface area contributed by atoms with E-state index in [1.165, 1.54) is 12.8 Å². The quantitative estimate of drug-likeness (QED) is 0.332. The first kappa shape index (κ1) is 17.0. The molecule has 0 radical (unpaired) electrons. The number of carbonyl (C=O) groups is 1. The Morgan fingerprint density at radius 2 is 2.00 bits per heavy atom. The van der Waals surface area contributed by atoms with Gasteiger partial charge in [0.15, 0.2) is 0 Å². The largest absolute Gasteiger partial charge is 0.384 e. The zero-order chi connectivity index (χ0) is 14.4. The second-order valence-electron chi connectivity index (χ2n) is 5.55. The first-order valence-corrected chi connectivity index (χ1v) is 8.94. The number of thioether (sulfide) groups is 1. The van der Waals surface area contributed by atoms with Gasteiger partial charge in [-0.1, -0.05) is 20.3 Å². The van der Waals surface area contributed by atoms with Crippen molar-refractivity contribution < 1.29 is 14.0 Å². The second kappa shape index (κ2) is 7.65. The van der Waals surface area contributed by atoms with E-state index >= 15 is 0 Å². The van der Waals surface area contributed by atoms with E-state index in [2.05, 4.69) is 20.1 Å². The van der Waals surface area contributed by atoms with Gasteiger partial charge in [0.2, 0.25) is 5.54 Å². The normalized spacial score (nSPS) is 29.8. The van der Waals surface area contributed by atoms with E-state index in [4.69, 9.17) is 4.74 Å². The number of unbranched alkanes of at least 4 members (excludes halogenated alkanes) is 1. The first-order chi connectivity index (χ1) is 9.15. The predicted molar refractivity (Wildman–Crippen MR) is 82.4 cm³/mol. The average molecular weight is 288 g/mol. The van der Waals surface area contributed by atoms with Crippen LogP contribution in [0.15, 0.2) is 0 Å². The number of quaternary nitrogens is 1. The molecule has 1 rings (SSSR count). The number of hydrogen-bond donors (Lipinski definition) is 0. The van der Waals surface area contributed by atoms with Crippen molar-refractivity contribution in [3.8, 4) is 0 Å². The number of rotatable bonds is 11. The van der Waals surface area contributed by atoms with Crippen molar-refractivity contribution >= 4 is 17.7 Å². The Kier molecular flexibility index (Phi) is 6.84. The number of carbonyl (C=O) groups excluding carboxylic acids is 1. The van der Waals surface area contributed by atoms with E-state index < -0.39 is 0 Å². The van der Waals surface area contributed by atoms with E-state index in [1.54, 1.807) is 7.11 Å². The molecule has 112 valence electrons. The zero-order valence-corrected chi connectivity index (χ0v) is 13.9. The third-order valence-corrected chi connectivity index (χ3v) is 5.24. The Bertz CT molecular complexity index is 298. The summed E-state index contributed by atoms with van der Waals surface area (Å²) >= 11 is 1.85. The highest BCUT2D eigenvalue weighted by atomic mass is 32.2. The fourth-order valence-corrected chi connectivity index (χ4v) is 3.91. The molecule has 0 aromatic rings. The second-order valence-corrected chi connectivity index (χ2v) is 6.53. The van der Waals surface area contributed by atoms with Crippen molar-refractivity contribution in [1.82, 2.24) is 0 Å². The van der Waals surface area contributed by atoms with E-state index in [1.807, 2.05) is 11.8 Å². The van der Waals surface area contributed by atoms with Crippen LogP contribution in [0.4, 0.5) is 0 Å². The fourth-order valence-electron chi connectivity index (χ4n) is 3.41. The number of ether oxygens (including phenoxy) is 1. The number of methoxy groups -OCH3 is 1. The highest BCUT2D eigenvalue weighted by Gasteiger charge is 2.78. The molecule has 1 aliphatic heterocycles. The molecule has 1 aliphatic rings. The van der Waals surface area contributed by atoms with Gasteiger partial charge < -0.3 is 4.74 Å². The van der Waals surface area contributed by atoms with E-state index in [0.29, 0.717) is 5.91 Å². The van der Waals surface area contributed by atoms with Crippen LogP contribution in [0.2, 0.25) is 0 Å². The van der Waals surface area contributed by atoms with Crippen LogP contribution in [0.25, 0.3) is 0 Å². The molecule has 0 N–H and O–H groups in total. The summed E-state index contributed by atoms with van der Waals surface area (Å²) in [5, 5.41) is 0. The molecular weight excluding hydrogens is 258 g/mol. The van der Waals surface area contributed by atoms with Crippen molar-refractivity contribution in [2.75, 3.05) is 38.8 Å². The van der Waals surface area contributed by atoms with Gasteiger partial charge in [-0.3, -0.25) is 0 Å². The van der Waals surface area contributed by atoms with E-state index in [-0.39, 0.29) is 5.54 Å². The van der Waals surface area contributed by atoms with Gasteiger partial charge in [0.1, 0.15) is 0 Å². The molecule has 1 saturated heterocycles. The highest BCUT2D eigenvalue weighted by molar-refractivity contribution is 7.98. The minimum absolute atomic E-state index is 0.0561. The topological polar surface area (TPSA) is 26.3 Å². The predicted octanol–water partition coefficient (Wildman–Crippen LogP) is 3.08. The summed E-state index contributed by atoms with van der Waals surface area (Å²) in [6.07, 6.45) is 7.52. The zero-order valence-electron chi connectivity index (χ0n) is 13.0. The Hall–Kier alpha value is -0.0600. The monoisotopic (exact) mass is 288 g/mol. The van der Waals surface area contributed by atoms with Gasteiger partial charge in [0.25, 0.3) is 0 Å². The summed E-state index contributed by atoms with van der Waals surface area (Å²) in [6.45, 7) is 7.12. The van der Waals surface area contributed by atoms with Gasteiger partial charge >= 0.3 is 5.91 Å². The maximum Gasteiger partial charge on any atom is 0.376 e. The molecule has 0 aliphatic carbocycles. The van der Waals surface area contributed by atoms with Gasteiger partial charge in [-0.25, -0.2) is 9.28 Å². The van der Waals surface area contributed by atoms with Crippen LogP contribution in [0.5, 0.6) is 0 Å². The summed E-state index contributed by atoms with van der Waals surface area (Å²) in [6, 6.07) is 0. The molecule has 2 unspecified atom stereocenters. The Balaban J connectivity index is 2.75. The maximum atomic E-state index is 12.6. The lowest BCUT2D eigenvalue weighted by Gasteiger charge is -2.23. The Morgan fingerprint density at radius 1 is 1.26 bits per heavy atom. The summed E-state index contributed by atoms with van der Waals surface area (Å²) < 4.78 is 5.89. The van der Waals surface area contributed by atoms with Crippen molar-refractivity contribution in [3.05, 3.63) is 0 Å². The van der Waals surface area contributed by atoms with Crippen molar-refractivity contribution in [3.63, 3.8) is 0 Å². The molecule has 0 aromatic heterocycles. The minimum atomic E-state index is -0.0561. The van der Waals surface area contributed by atoms with Crippen LogP contribution in [-0.4, -0.2) is 54.7 Å². The van der Waals surface area contributed by atoms with Crippen molar-refractivity contribution in [2.45, 2.75) is 51.5 Å². The molecule has 4 heteroatoms. The highest BCUT2D eigenvalue weighted by Crippen LogP contribution is 2.51. The molecule has 0 aromatic carbocycles. The molecule has 3 nitrogen and oxygen atoms in total. The molecule has 1 heterocycles. The van der Waals surface area contributed by atoms with Crippen LogP contribution < -0.4 is 0 Å². The van der Waals surface area contributed by atoms with Crippen LogP contribution in [0.1, 0.15) is 46.0 Å². The number of hydrogen-bond acceptors (Lipinski definition) is 3. The van der Waals surface area contributed by atoms with Gasteiger partial charge in [0, 0.05) is 32.1 Å². The lowest BCUT2D eigenvalue weighted by molar-refractivity contribution is -0.795. The lowest BCUT2D eigenvalue weighted by Crippen LogP contribution is -2.39. The SMILES string of the molecule is CCCCC1(CC)C(=O)[N+]1(CCCOC)CCSC. The van der Waals surface area contributed by atoms with Crippen LogP contribution in [0.3, 0.4) is 0 Å². The average Bonchev–Trinajstić information content (AvgIpc) is 2.93. The van der Waals surface area contributed by atoms with E-state index in [0.717, 1.165) is 49.2 Å². The molecule has 0 bridgehead atoms. The molecular formula is C15H30NO2S+. The molecule has 0 saturated carbocycles. The Labute approximate surface area is 122 Å². The fraction of sp³-hybridized carbons (Fsp3) is 0.933. The van der Waals surface area contributed by atoms with Gasteiger partial charge in [-0.05, 0) is 12.7 Å². The van der Waals surface area contributed by atoms with Gasteiger partial charge in [0.05, 0.1) is 19.7 Å². The summed E-state index contributed by atoms with van der Waals surface area (Å²) in [5.74, 6) is 1.57. The molecule has 1 amide bonds. The molecule has 0 spiro atoms. The summed E-state index contributed by atoms with van der Waals surface area (Å²) in [4.78, 5) is 12.6. The van der Waals surface area contributed by atoms with Crippen molar-refractivity contribution in [2.24, 2.45) is 0 Å². The van der Waals surface area contributed by atoms with E-state index in [9.17, 15) is 4.79 Å². The molecule has 2 atom stereocenters. The standard InChI is InChI=1S/C15H30NO2S/c1-5-7-9-15(6-2)14(17)16(15,11-13-19-4)10-8-12-18-3/h5-13H2,1-4H3/q+1. The van der Waals surface area contributed by atoms with Gasteiger partial charge in [-0.2, -0.15) is 11.8 Å². The smallest absolute Gasteiger partial charge is 0.376 e. The van der Waals surface area contributed by atoms with Crippen LogP contribution in [-0.2, 0) is 9.53 Å². The van der Waals surface area contributed by atoms with Crippen LogP contribution >= 0.6 is 11.8 Å². The minimum Gasteiger partial charge on any atom is -0.384 e. The lowest BCUT2D eigenvalue weighted by atomic mass is 9.98. The van der Waals surface area contributed by atoms with Crippen molar-refractivity contribution in [1.29, 1.82) is 0 Å². The summed E-state index contributed by atoms with van der Waals surface area (Å²) in [5.41, 5.74) is -0.0561. The maximum absolute atomic E-state index is 12.6. The van der Waals surface area contributed by atoms with Crippen LogP contribution in [0, 0.1) is 0 Å². The van der Waals surface area contributed by atoms with Gasteiger partial charge in [-0.15, -0.1) is 0 Å². The third kappa shape index (κ3) is 3.17. The Morgan fingerprint density at radius 3 is 2.53 bits per heavy atom. The first-order valence-electron chi connectivity index (χ1n) is 7.55. The number of amides is 1. The number of nitrogens with zero attached hydrogens (tertiary/aromatic N) is 1. The third-order valence-electron chi connectivity index (χ3n) is 4.65. The molecule has 19 heavy (non-hydrogen) atoms.